The van der Waals surface area contributed by atoms with Gasteiger partial charge in [-0.05, 0) is 39.7 Å². The molecule has 0 heterocycles. The molecular formula is C15H22F2O2. The Morgan fingerprint density at radius 1 is 1.32 bits per heavy atom. The first-order chi connectivity index (χ1) is 8.71. The van der Waals surface area contributed by atoms with Crippen molar-refractivity contribution in [2.45, 2.75) is 58.5 Å². The summed E-state index contributed by atoms with van der Waals surface area (Å²) in [5, 5.41) is 0. The number of hydrogen-bond donors (Lipinski definition) is 0. The first-order valence-corrected chi connectivity index (χ1v) is 6.60. The van der Waals surface area contributed by atoms with Crippen LogP contribution < -0.4 is 0 Å². The lowest BCUT2D eigenvalue weighted by Gasteiger charge is -2.32. The minimum absolute atomic E-state index is 0.0298. The fourth-order valence-electron chi connectivity index (χ4n) is 2.21. The third-order valence-electron chi connectivity index (χ3n) is 3.32. The molecule has 0 aliphatic heterocycles. The average molecular weight is 272 g/mol. The van der Waals surface area contributed by atoms with Crippen molar-refractivity contribution in [2.75, 3.05) is 0 Å². The molecule has 0 aromatic rings. The maximum atomic E-state index is 13.2. The summed E-state index contributed by atoms with van der Waals surface area (Å²) in [6.07, 6.45) is 1.92. The molecule has 1 unspecified atom stereocenters. The molecule has 0 saturated heterocycles. The van der Waals surface area contributed by atoms with Crippen molar-refractivity contribution in [1.29, 1.82) is 0 Å². The van der Waals surface area contributed by atoms with Crippen LogP contribution in [0.15, 0.2) is 23.8 Å². The molecule has 0 radical (unpaired) electrons. The Morgan fingerprint density at radius 3 is 2.26 bits per heavy atom. The number of ether oxygens (including phenoxy) is 1. The first-order valence-electron chi connectivity index (χ1n) is 6.60. The number of rotatable bonds is 4. The van der Waals surface area contributed by atoms with Crippen molar-refractivity contribution >= 4 is 5.97 Å². The standard InChI is InChI=1S/C15H22F2O2/c1-10(2)9-13(19-14(18)11(3)4)12-5-7-15(16,17)8-6-12/h9,12-13H,3,5-8H2,1-2,4H3. The van der Waals surface area contributed by atoms with Gasteiger partial charge in [-0.25, -0.2) is 13.6 Å². The van der Waals surface area contributed by atoms with E-state index < -0.39 is 18.0 Å². The van der Waals surface area contributed by atoms with Crippen LogP contribution in [0.25, 0.3) is 0 Å². The molecule has 1 rings (SSSR count). The topological polar surface area (TPSA) is 26.3 Å². The molecule has 2 nitrogen and oxygen atoms in total. The van der Waals surface area contributed by atoms with Crippen LogP contribution in [0.3, 0.4) is 0 Å². The second-order valence-corrected chi connectivity index (χ2v) is 5.59. The quantitative estimate of drug-likeness (QED) is 0.434. The molecule has 19 heavy (non-hydrogen) atoms. The molecule has 1 atom stereocenters. The molecule has 1 aliphatic rings. The van der Waals surface area contributed by atoms with Crippen LogP contribution in [-0.2, 0) is 9.53 Å². The van der Waals surface area contributed by atoms with Gasteiger partial charge < -0.3 is 4.74 Å². The number of hydrogen-bond acceptors (Lipinski definition) is 2. The van der Waals surface area contributed by atoms with Crippen molar-refractivity contribution in [3.63, 3.8) is 0 Å². The Bertz CT molecular complexity index is 372. The maximum Gasteiger partial charge on any atom is 0.333 e. The Labute approximate surface area is 113 Å². The van der Waals surface area contributed by atoms with Crippen LogP contribution in [0.4, 0.5) is 8.78 Å². The van der Waals surface area contributed by atoms with Crippen molar-refractivity contribution < 1.29 is 18.3 Å². The molecule has 108 valence electrons. The van der Waals surface area contributed by atoms with E-state index in [0.29, 0.717) is 18.4 Å². The minimum Gasteiger partial charge on any atom is -0.454 e. The highest BCUT2D eigenvalue weighted by Gasteiger charge is 2.38. The smallest absolute Gasteiger partial charge is 0.333 e. The maximum absolute atomic E-state index is 13.2. The normalized spacial score (nSPS) is 20.5. The van der Waals surface area contributed by atoms with Crippen molar-refractivity contribution in [3.05, 3.63) is 23.8 Å². The Morgan fingerprint density at radius 2 is 1.84 bits per heavy atom. The molecule has 0 bridgehead atoms. The van der Waals surface area contributed by atoms with E-state index in [1.807, 2.05) is 19.9 Å². The summed E-state index contributed by atoms with van der Waals surface area (Å²) in [7, 11) is 0. The number of allylic oxidation sites excluding steroid dienone is 1. The highest BCUT2D eigenvalue weighted by Crippen LogP contribution is 2.38. The zero-order valence-electron chi connectivity index (χ0n) is 11.8. The van der Waals surface area contributed by atoms with Crippen LogP contribution in [0.2, 0.25) is 0 Å². The highest BCUT2D eigenvalue weighted by atomic mass is 19.3. The van der Waals surface area contributed by atoms with E-state index in [9.17, 15) is 13.6 Å². The summed E-state index contributed by atoms with van der Waals surface area (Å²) in [6, 6.07) is 0. The number of esters is 1. The van der Waals surface area contributed by atoms with E-state index in [-0.39, 0.29) is 18.8 Å². The monoisotopic (exact) mass is 272 g/mol. The van der Waals surface area contributed by atoms with Gasteiger partial charge in [0.15, 0.2) is 0 Å². The molecule has 0 aromatic carbocycles. The van der Waals surface area contributed by atoms with Gasteiger partial charge in [-0.2, -0.15) is 0 Å². The lowest BCUT2D eigenvalue weighted by atomic mass is 9.82. The van der Waals surface area contributed by atoms with Crippen molar-refractivity contribution in [3.8, 4) is 0 Å². The van der Waals surface area contributed by atoms with Crippen LogP contribution >= 0.6 is 0 Å². The summed E-state index contributed by atoms with van der Waals surface area (Å²) in [6.45, 7) is 8.92. The lowest BCUT2D eigenvalue weighted by Crippen LogP contribution is -2.33. The van der Waals surface area contributed by atoms with E-state index >= 15 is 0 Å². The molecule has 4 heteroatoms. The van der Waals surface area contributed by atoms with Gasteiger partial charge in [-0.15, -0.1) is 0 Å². The molecule has 1 saturated carbocycles. The predicted octanol–water partition coefficient (Wildman–Crippen LogP) is 4.27. The SMILES string of the molecule is C=C(C)C(=O)OC(C=C(C)C)C1CCC(F)(F)CC1. The number of carbonyl (C=O) groups excluding carboxylic acids is 1. The first kappa shape index (κ1) is 15.9. The van der Waals surface area contributed by atoms with E-state index in [0.717, 1.165) is 5.57 Å². The summed E-state index contributed by atoms with van der Waals surface area (Å²) >= 11 is 0. The average Bonchev–Trinajstić information content (AvgIpc) is 2.27. The van der Waals surface area contributed by atoms with Gasteiger partial charge in [0, 0.05) is 24.3 Å². The highest BCUT2D eigenvalue weighted by molar-refractivity contribution is 5.87. The largest absolute Gasteiger partial charge is 0.454 e. The Kier molecular flexibility index (Phi) is 5.27. The van der Waals surface area contributed by atoms with Crippen molar-refractivity contribution in [2.24, 2.45) is 5.92 Å². The molecule has 0 aromatic heterocycles. The lowest BCUT2D eigenvalue weighted by molar-refractivity contribution is -0.146. The van der Waals surface area contributed by atoms with Crippen LogP contribution in [0, 0.1) is 5.92 Å². The van der Waals surface area contributed by atoms with E-state index in [1.165, 1.54) is 0 Å². The van der Waals surface area contributed by atoms with E-state index in [2.05, 4.69) is 6.58 Å². The minimum atomic E-state index is -2.57. The van der Waals surface area contributed by atoms with Crippen molar-refractivity contribution in [1.82, 2.24) is 0 Å². The van der Waals surface area contributed by atoms with Gasteiger partial charge in [-0.1, -0.05) is 12.2 Å². The Hall–Kier alpha value is -1.19. The molecule has 1 fully saturated rings. The number of halogens is 2. The van der Waals surface area contributed by atoms with Gasteiger partial charge in [0.05, 0.1) is 0 Å². The summed E-state index contributed by atoms with van der Waals surface area (Å²) in [5.41, 5.74) is 1.34. The molecule has 0 spiro atoms. The molecular weight excluding hydrogens is 250 g/mol. The van der Waals surface area contributed by atoms with Crippen LogP contribution in [0.5, 0.6) is 0 Å². The van der Waals surface area contributed by atoms with Gasteiger partial charge >= 0.3 is 5.97 Å². The fourth-order valence-corrected chi connectivity index (χ4v) is 2.21. The number of carbonyl (C=O) groups is 1. The van der Waals surface area contributed by atoms with E-state index in [4.69, 9.17) is 4.74 Å². The summed E-state index contributed by atoms with van der Waals surface area (Å²) in [5.74, 6) is -3.05. The predicted molar refractivity (Wildman–Crippen MR) is 71.0 cm³/mol. The third-order valence-corrected chi connectivity index (χ3v) is 3.32. The molecule has 1 aliphatic carbocycles. The van der Waals surface area contributed by atoms with Gasteiger partial charge in [0.2, 0.25) is 5.92 Å². The molecule has 0 amide bonds. The summed E-state index contributed by atoms with van der Waals surface area (Å²) in [4.78, 5) is 11.6. The summed E-state index contributed by atoms with van der Waals surface area (Å²) < 4.78 is 31.7. The zero-order chi connectivity index (χ0) is 14.6. The van der Waals surface area contributed by atoms with Crippen LogP contribution in [-0.4, -0.2) is 18.0 Å². The van der Waals surface area contributed by atoms with Gasteiger partial charge in [0.1, 0.15) is 6.10 Å². The zero-order valence-corrected chi connectivity index (χ0v) is 11.8. The second kappa shape index (κ2) is 6.31. The fraction of sp³-hybridized carbons (Fsp3) is 0.667. The third kappa shape index (κ3) is 5.13. The van der Waals surface area contributed by atoms with Gasteiger partial charge in [-0.3, -0.25) is 0 Å². The van der Waals surface area contributed by atoms with Crippen LogP contribution in [0.1, 0.15) is 46.5 Å². The Balaban J connectivity index is 2.73. The second-order valence-electron chi connectivity index (χ2n) is 5.59. The van der Waals surface area contributed by atoms with Gasteiger partial charge in [0.25, 0.3) is 0 Å². The van der Waals surface area contributed by atoms with E-state index in [1.54, 1.807) is 6.92 Å². The molecule has 0 N–H and O–H groups in total. The number of alkyl halides is 2.